The van der Waals surface area contributed by atoms with Crippen LogP contribution in [-0.2, 0) is 19.1 Å². The first-order valence-electron chi connectivity index (χ1n) is 7.81. The van der Waals surface area contributed by atoms with E-state index in [-0.39, 0.29) is 41.8 Å². The minimum absolute atomic E-state index is 0. The molecule has 8 heteroatoms. The number of carbonyl (C=O) groups excluding carboxylic acids is 2. The molecule has 0 bridgehead atoms. The number of likely N-dealkylation sites (tertiary alicyclic amines) is 1. The van der Waals surface area contributed by atoms with Crippen LogP contribution in [0.1, 0.15) is 32.6 Å². The number of halogens is 1. The van der Waals surface area contributed by atoms with E-state index in [2.05, 4.69) is 15.2 Å². The second-order valence-electron chi connectivity index (χ2n) is 5.17. The zero-order valence-corrected chi connectivity index (χ0v) is 16.5. The number of rotatable bonds is 6. The van der Waals surface area contributed by atoms with Crippen LogP contribution in [0.15, 0.2) is 4.99 Å². The van der Waals surface area contributed by atoms with Gasteiger partial charge < -0.3 is 19.7 Å². The molecule has 0 spiro atoms. The summed E-state index contributed by atoms with van der Waals surface area (Å²) < 4.78 is 9.67. The number of esters is 2. The molecule has 1 aliphatic heterocycles. The SMILES string of the molecule is CCOC(=O)CCCNC(=NC)N1CCC(C(=O)OC)CC1.I. The maximum absolute atomic E-state index is 11.5. The van der Waals surface area contributed by atoms with E-state index in [0.717, 1.165) is 31.9 Å². The van der Waals surface area contributed by atoms with Crippen molar-refractivity contribution in [3.8, 4) is 0 Å². The number of ether oxygens (including phenoxy) is 2. The molecule has 0 unspecified atom stereocenters. The Morgan fingerprint density at radius 2 is 1.96 bits per heavy atom. The molecule has 0 radical (unpaired) electrons. The molecule has 1 N–H and O–H groups in total. The first-order valence-corrected chi connectivity index (χ1v) is 7.81. The van der Waals surface area contributed by atoms with Gasteiger partial charge in [0.25, 0.3) is 0 Å². The van der Waals surface area contributed by atoms with Crippen LogP contribution in [0.5, 0.6) is 0 Å². The first kappa shape index (κ1) is 21.9. The smallest absolute Gasteiger partial charge is 0.308 e. The second-order valence-corrected chi connectivity index (χ2v) is 5.17. The van der Waals surface area contributed by atoms with Crippen LogP contribution in [0.3, 0.4) is 0 Å². The van der Waals surface area contributed by atoms with Crippen molar-refractivity contribution in [1.29, 1.82) is 0 Å². The fourth-order valence-electron chi connectivity index (χ4n) is 2.49. The fraction of sp³-hybridized carbons (Fsp3) is 0.800. The largest absolute Gasteiger partial charge is 0.469 e. The van der Waals surface area contributed by atoms with Gasteiger partial charge in [0.1, 0.15) is 0 Å². The molecule has 134 valence electrons. The van der Waals surface area contributed by atoms with Gasteiger partial charge in [-0.2, -0.15) is 0 Å². The Bertz CT molecular complexity index is 396. The van der Waals surface area contributed by atoms with Crippen LogP contribution >= 0.6 is 24.0 Å². The topological polar surface area (TPSA) is 80.2 Å². The van der Waals surface area contributed by atoms with Crippen LogP contribution in [0.4, 0.5) is 0 Å². The predicted molar refractivity (Wildman–Crippen MR) is 99.0 cm³/mol. The lowest BCUT2D eigenvalue weighted by molar-refractivity contribution is -0.146. The number of hydrogen-bond donors (Lipinski definition) is 1. The van der Waals surface area contributed by atoms with Crippen molar-refractivity contribution in [3.63, 3.8) is 0 Å². The third kappa shape index (κ3) is 7.85. The molecular formula is C15H28IN3O4. The van der Waals surface area contributed by atoms with E-state index in [1.165, 1.54) is 7.11 Å². The van der Waals surface area contributed by atoms with Crippen LogP contribution in [-0.4, -0.2) is 63.2 Å². The van der Waals surface area contributed by atoms with Gasteiger partial charge in [0.2, 0.25) is 0 Å². The summed E-state index contributed by atoms with van der Waals surface area (Å²) in [4.78, 5) is 29.1. The Morgan fingerprint density at radius 3 is 2.48 bits per heavy atom. The lowest BCUT2D eigenvalue weighted by Crippen LogP contribution is -2.46. The highest BCUT2D eigenvalue weighted by atomic mass is 127. The summed E-state index contributed by atoms with van der Waals surface area (Å²) in [6, 6.07) is 0. The van der Waals surface area contributed by atoms with Crippen molar-refractivity contribution in [2.24, 2.45) is 10.9 Å². The Balaban J connectivity index is 0.00000484. The molecule has 1 rings (SSSR count). The Labute approximate surface area is 155 Å². The summed E-state index contributed by atoms with van der Waals surface area (Å²) >= 11 is 0. The van der Waals surface area contributed by atoms with Gasteiger partial charge in [-0.05, 0) is 26.2 Å². The maximum atomic E-state index is 11.5. The van der Waals surface area contributed by atoms with Gasteiger partial charge in [-0.3, -0.25) is 14.6 Å². The number of nitrogens with zero attached hydrogens (tertiary/aromatic N) is 2. The third-order valence-corrected chi connectivity index (χ3v) is 3.69. The number of hydrogen-bond acceptors (Lipinski definition) is 5. The molecule has 0 aromatic heterocycles. The Hall–Kier alpha value is -1.06. The highest BCUT2D eigenvalue weighted by Crippen LogP contribution is 2.18. The number of nitrogens with one attached hydrogen (secondary N) is 1. The van der Waals surface area contributed by atoms with E-state index in [1.54, 1.807) is 14.0 Å². The normalized spacial score (nSPS) is 15.6. The molecule has 1 aliphatic rings. The van der Waals surface area contributed by atoms with E-state index in [1.807, 2.05) is 0 Å². The molecule has 7 nitrogen and oxygen atoms in total. The molecule has 1 heterocycles. The highest BCUT2D eigenvalue weighted by Gasteiger charge is 2.26. The minimum Gasteiger partial charge on any atom is -0.469 e. The summed E-state index contributed by atoms with van der Waals surface area (Å²) in [5.41, 5.74) is 0. The third-order valence-electron chi connectivity index (χ3n) is 3.69. The Morgan fingerprint density at radius 1 is 1.30 bits per heavy atom. The van der Waals surface area contributed by atoms with Crippen molar-refractivity contribution in [2.45, 2.75) is 32.6 Å². The molecule has 0 aromatic rings. The van der Waals surface area contributed by atoms with Crippen LogP contribution in [0.25, 0.3) is 0 Å². The summed E-state index contributed by atoms with van der Waals surface area (Å²) in [5.74, 6) is 0.505. The van der Waals surface area contributed by atoms with Gasteiger partial charge >= 0.3 is 11.9 Å². The van der Waals surface area contributed by atoms with Gasteiger partial charge in [0.05, 0.1) is 19.6 Å². The fourth-order valence-corrected chi connectivity index (χ4v) is 2.49. The average Bonchev–Trinajstić information content (AvgIpc) is 2.55. The van der Waals surface area contributed by atoms with Crippen molar-refractivity contribution >= 4 is 41.9 Å². The van der Waals surface area contributed by atoms with Gasteiger partial charge in [0.15, 0.2) is 5.96 Å². The van der Waals surface area contributed by atoms with E-state index in [9.17, 15) is 9.59 Å². The quantitative estimate of drug-likeness (QED) is 0.221. The lowest BCUT2D eigenvalue weighted by Gasteiger charge is -2.33. The number of guanidine groups is 1. The standard InChI is InChI=1S/C15H27N3O4.HI/c1-4-22-13(19)6-5-9-17-15(16-2)18-10-7-12(8-11-18)14(20)21-3;/h12H,4-11H2,1-3H3,(H,16,17);1H. The molecule has 1 fully saturated rings. The number of piperidine rings is 1. The molecule has 23 heavy (non-hydrogen) atoms. The first-order chi connectivity index (χ1) is 10.6. The van der Waals surface area contributed by atoms with Crippen LogP contribution < -0.4 is 5.32 Å². The number of methoxy groups -OCH3 is 1. The van der Waals surface area contributed by atoms with E-state index in [4.69, 9.17) is 9.47 Å². The zero-order valence-electron chi connectivity index (χ0n) is 14.2. The molecule has 0 saturated carbocycles. The lowest BCUT2D eigenvalue weighted by atomic mass is 9.97. The number of carbonyl (C=O) groups is 2. The van der Waals surface area contributed by atoms with Crippen molar-refractivity contribution < 1.29 is 19.1 Å². The summed E-state index contributed by atoms with van der Waals surface area (Å²) in [5, 5.41) is 3.25. The van der Waals surface area contributed by atoms with Crippen LogP contribution in [0, 0.1) is 5.92 Å². The van der Waals surface area contributed by atoms with Crippen molar-refractivity contribution in [3.05, 3.63) is 0 Å². The van der Waals surface area contributed by atoms with E-state index >= 15 is 0 Å². The second kappa shape index (κ2) is 12.4. The minimum atomic E-state index is -0.168. The Kier molecular flexibility index (Phi) is 11.8. The van der Waals surface area contributed by atoms with Crippen molar-refractivity contribution in [2.75, 3.05) is 40.4 Å². The van der Waals surface area contributed by atoms with Gasteiger partial charge in [-0.15, -0.1) is 24.0 Å². The zero-order chi connectivity index (χ0) is 16.4. The van der Waals surface area contributed by atoms with Gasteiger partial charge in [-0.1, -0.05) is 0 Å². The predicted octanol–water partition coefficient (Wildman–Crippen LogP) is 1.41. The van der Waals surface area contributed by atoms with Crippen molar-refractivity contribution in [1.82, 2.24) is 10.2 Å². The van der Waals surface area contributed by atoms with Gasteiger partial charge in [-0.25, -0.2) is 0 Å². The van der Waals surface area contributed by atoms with Crippen LogP contribution in [0.2, 0.25) is 0 Å². The highest BCUT2D eigenvalue weighted by molar-refractivity contribution is 14.0. The molecule has 0 atom stereocenters. The maximum Gasteiger partial charge on any atom is 0.308 e. The summed E-state index contributed by atoms with van der Waals surface area (Å²) in [7, 11) is 3.17. The molecule has 0 aliphatic carbocycles. The molecule has 0 amide bonds. The summed E-state index contributed by atoms with van der Waals surface area (Å²) in [6.45, 7) is 4.44. The van der Waals surface area contributed by atoms with E-state index in [0.29, 0.717) is 26.0 Å². The summed E-state index contributed by atoms with van der Waals surface area (Å²) in [6.07, 6.45) is 2.66. The number of aliphatic imine (C=N–C) groups is 1. The van der Waals surface area contributed by atoms with Gasteiger partial charge in [0, 0.05) is 33.1 Å². The average molecular weight is 441 g/mol. The monoisotopic (exact) mass is 441 g/mol. The molecule has 0 aromatic carbocycles. The molecule has 1 saturated heterocycles. The molecular weight excluding hydrogens is 413 g/mol. The van der Waals surface area contributed by atoms with E-state index < -0.39 is 0 Å².